The summed E-state index contributed by atoms with van der Waals surface area (Å²) in [5.74, 6) is 1.72. The van der Waals surface area contributed by atoms with E-state index in [2.05, 4.69) is 74.3 Å². The number of benzene rings is 2. The first-order chi connectivity index (χ1) is 13.6. The Labute approximate surface area is 167 Å². The van der Waals surface area contributed by atoms with Crippen molar-refractivity contribution in [2.75, 3.05) is 16.8 Å². The molecule has 4 rings (SSSR count). The molecule has 144 valence electrons. The van der Waals surface area contributed by atoms with Crippen LogP contribution >= 0.6 is 0 Å². The molecule has 1 aliphatic heterocycles. The first kappa shape index (κ1) is 18.5. The molecule has 2 heterocycles. The van der Waals surface area contributed by atoms with E-state index in [9.17, 15) is 0 Å². The zero-order valence-corrected chi connectivity index (χ0v) is 17.2. The van der Waals surface area contributed by atoms with Crippen LogP contribution in [0.3, 0.4) is 0 Å². The Balaban J connectivity index is 1.74. The molecule has 3 aromatic rings. The summed E-state index contributed by atoms with van der Waals surface area (Å²) < 4.78 is 0. The van der Waals surface area contributed by atoms with Crippen molar-refractivity contribution in [3.05, 3.63) is 76.5 Å². The second-order valence-corrected chi connectivity index (χ2v) is 7.55. The van der Waals surface area contributed by atoms with Crippen LogP contribution in [0, 0.1) is 13.8 Å². The van der Waals surface area contributed by atoms with Gasteiger partial charge in [-0.05, 0) is 56.4 Å². The molecule has 0 amide bonds. The predicted molar refractivity (Wildman–Crippen MR) is 117 cm³/mol. The third kappa shape index (κ3) is 3.35. The lowest BCUT2D eigenvalue weighted by Crippen LogP contribution is -2.35. The Bertz CT molecular complexity index is 996. The van der Waals surface area contributed by atoms with Gasteiger partial charge < -0.3 is 10.2 Å². The van der Waals surface area contributed by atoms with E-state index >= 15 is 0 Å². The quantitative estimate of drug-likeness (QED) is 0.654. The van der Waals surface area contributed by atoms with Gasteiger partial charge in [-0.1, -0.05) is 49.4 Å². The topological polar surface area (TPSA) is 41.1 Å². The van der Waals surface area contributed by atoms with Crippen LogP contribution in [-0.2, 0) is 12.8 Å². The lowest BCUT2D eigenvalue weighted by Gasteiger charge is -2.37. The fraction of sp³-hybridized carbons (Fsp3) is 0.333. The minimum Gasteiger partial charge on any atom is -0.349 e. The van der Waals surface area contributed by atoms with Crippen molar-refractivity contribution in [3.8, 4) is 0 Å². The van der Waals surface area contributed by atoms with Crippen LogP contribution in [0.2, 0.25) is 0 Å². The fourth-order valence-electron chi connectivity index (χ4n) is 4.12. The molecule has 0 radical (unpaired) electrons. The van der Waals surface area contributed by atoms with Crippen LogP contribution < -0.4 is 10.2 Å². The number of nitrogens with zero attached hydrogens (tertiary/aromatic N) is 3. The van der Waals surface area contributed by atoms with Crippen molar-refractivity contribution in [1.82, 2.24) is 9.97 Å². The highest BCUT2D eigenvalue weighted by Gasteiger charge is 2.27. The fourth-order valence-corrected chi connectivity index (χ4v) is 4.12. The summed E-state index contributed by atoms with van der Waals surface area (Å²) in [4.78, 5) is 12.2. The van der Waals surface area contributed by atoms with E-state index in [0.717, 1.165) is 36.6 Å². The summed E-state index contributed by atoms with van der Waals surface area (Å²) in [7, 11) is 0. The van der Waals surface area contributed by atoms with E-state index in [4.69, 9.17) is 9.97 Å². The molecule has 0 fully saturated rings. The minimum absolute atomic E-state index is 0.301. The molecule has 28 heavy (non-hydrogen) atoms. The summed E-state index contributed by atoms with van der Waals surface area (Å²) >= 11 is 0. The van der Waals surface area contributed by atoms with E-state index in [1.54, 1.807) is 0 Å². The number of aryl methyl sites for hydroxylation is 2. The molecular formula is C24H28N4. The highest BCUT2D eigenvalue weighted by atomic mass is 15.3. The maximum atomic E-state index is 4.97. The summed E-state index contributed by atoms with van der Waals surface area (Å²) in [6.45, 7) is 9.66. The Kier molecular flexibility index (Phi) is 5.03. The monoisotopic (exact) mass is 372 g/mol. The molecule has 0 saturated carbocycles. The molecule has 0 aliphatic carbocycles. The zero-order valence-electron chi connectivity index (χ0n) is 17.2. The molecule has 1 N–H and O–H groups in total. The molecule has 0 saturated heterocycles. The Hall–Kier alpha value is -2.88. The van der Waals surface area contributed by atoms with Gasteiger partial charge in [0.2, 0.25) is 5.95 Å². The van der Waals surface area contributed by atoms with Crippen LogP contribution in [0.4, 0.5) is 17.5 Å². The summed E-state index contributed by atoms with van der Waals surface area (Å²) in [6, 6.07) is 17.3. The number of aromatic nitrogens is 2. The predicted octanol–water partition coefficient (Wildman–Crippen LogP) is 5.52. The van der Waals surface area contributed by atoms with Gasteiger partial charge in [-0.15, -0.1) is 0 Å². The van der Waals surface area contributed by atoms with E-state index in [0.29, 0.717) is 12.0 Å². The number of para-hydroxylation sites is 1. The van der Waals surface area contributed by atoms with Gasteiger partial charge >= 0.3 is 0 Å². The first-order valence-corrected chi connectivity index (χ1v) is 10.1. The Morgan fingerprint density at radius 3 is 2.57 bits per heavy atom. The van der Waals surface area contributed by atoms with Crippen LogP contribution in [0.5, 0.6) is 0 Å². The van der Waals surface area contributed by atoms with E-state index in [1.165, 1.54) is 22.3 Å². The SMILES string of the molecule is CCc1nc(Nc2ccccc2C)nc(N2CCc3ccccc3C2C)c1C. The molecule has 4 nitrogen and oxygen atoms in total. The van der Waals surface area contributed by atoms with Gasteiger partial charge in [0.05, 0.1) is 11.7 Å². The van der Waals surface area contributed by atoms with Gasteiger partial charge in [-0.3, -0.25) is 0 Å². The van der Waals surface area contributed by atoms with Crippen molar-refractivity contribution in [1.29, 1.82) is 0 Å². The third-order valence-corrected chi connectivity index (χ3v) is 5.81. The second-order valence-electron chi connectivity index (χ2n) is 7.55. The zero-order chi connectivity index (χ0) is 19.7. The van der Waals surface area contributed by atoms with Gasteiger partial charge in [0, 0.05) is 17.8 Å². The Morgan fingerprint density at radius 1 is 1.04 bits per heavy atom. The van der Waals surface area contributed by atoms with Gasteiger partial charge in [0.25, 0.3) is 0 Å². The molecule has 4 heteroatoms. The van der Waals surface area contributed by atoms with Crippen LogP contribution in [-0.4, -0.2) is 16.5 Å². The lowest BCUT2D eigenvalue weighted by atomic mass is 9.93. The minimum atomic E-state index is 0.301. The molecule has 1 aliphatic rings. The van der Waals surface area contributed by atoms with Crippen molar-refractivity contribution in [3.63, 3.8) is 0 Å². The van der Waals surface area contributed by atoms with Crippen molar-refractivity contribution >= 4 is 17.5 Å². The maximum absolute atomic E-state index is 4.97. The molecule has 0 spiro atoms. The number of hydrogen-bond acceptors (Lipinski definition) is 4. The molecule has 1 unspecified atom stereocenters. The van der Waals surface area contributed by atoms with Gasteiger partial charge in [0.1, 0.15) is 5.82 Å². The average Bonchev–Trinajstić information content (AvgIpc) is 2.71. The van der Waals surface area contributed by atoms with Crippen LogP contribution in [0.25, 0.3) is 0 Å². The van der Waals surface area contributed by atoms with Gasteiger partial charge in [-0.2, -0.15) is 4.98 Å². The first-order valence-electron chi connectivity index (χ1n) is 10.1. The number of hydrogen-bond donors (Lipinski definition) is 1. The van der Waals surface area contributed by atoms with Crippen molar-refractivity contribution < 1.29 is 0 Å². The normalized spacial score (nSPS) is 16.0. The van der Waals surface area contributed by atoms with E-state index in [-0.39, 0.29) is 0 Å². The average molecular weight is 373 g/mol. The summed E-state index contributed by atoms with van der Waals surface area (Å²) in [5.41, 5.74) is 7.38. The van der Waals surface area contributed by atoms with E-state index < -0.39 is 0 Å². The number of rotatable bonds is 4. The van der Waals surface area contributed by atoms with Crippen molar-refractivity contribution in [2.24, 2.45) is 0 Å². The summed E-state index contributed by atoms with van der Waals surface area (Å²) in [5, 5.41) is 3.44. The molecule has 1 aromatic heterocycles. The van der Waals surface area contributed by atoms with Gasteiger partial charge in [-0.25, -0.2) is 4.98 Å². The highest BCUT2D eigenvalue weighted by Crippen LogP contribution is 2.35. The molecular weight excluding hydrogens is 344 g/mol. The van der Waals surface area contributed by atoms with Crippen LogP contribution in [0.15, 0.2) is 48.5 Å². The third-order valence-electron chi connectivity index (χ3n) is 5.81. The van der Waals surface area contributed by atoms with Crippen molar-refractivity contribution in [2.45, 2.75) is 46.6 Å². The second kappa shape index (κ2) is 7.63. The number of anilines is 3. The largest absolute Gasteiger partial charge is 0.349 e. The highest BCUT2D eigenvalue weighted by molar-refractivity contribution is 5.62. The molecule has 2 aromatic carbocycles. The lowest BCUT2D eigenvalue weighted by molar-refractivity contribution is 0.614. The number of fused-ring (bicyclic) bond motifs is 1. The molecule has 1 atom stereocenters. The van der Waals surface area contributed by atoms with Gasteiger partial charge in [0.15, 0.2) is 0 Å². The van der Waals surface area contributed by atoms with Crippen LogP contribution in [0.1, 0.15) is 47.8 Å². The Morgan fingerprint density at radius 2 is 1.79 bits per heavy atom. The summed E-state index contributed by atoms with van der Waals surface area (Å²) in [6.07, 6.45) is 1.94. The standard InChI is InChI=1S/C24H28N4/c1-5-21-17(3)23(27-24(25-21)26-22-13-9-6-10-16(22)2)28-15-14-19-11-7-8-12-20(19)18(28)4/h6-13,18H,5,14-15H2,1-4H3,(H,25,26,27). The van der Waals surface area contributed by atoms with E-state index in [1.807, 2.05) is 12.1 Å². The molecule has 0 bridgehead atoms. The maximum Gasteiger partial charge on any atom is 0.229 e. The number of nitrogens with one attached hydrogen (secondary N) is 1. The smallest absolute Gasteiger partial charge is 0.229 e.